The maximum Gasteiger partial charge on any atom is 0.273 e. The van der Waals surface area contributed by atoms with Gasteiger partial charge in [-0.3, -0.25) is 9.69 Å². The minimum Gasteiger partial charge on any atom is -0.448 e. The Morgan fingerprint density at radius 3 is 2.78 bits per heavy atom. The molecule has 1 saturated carbocycles. The number of hydrogen-bond donors (Lipinski definition) is 1. The normalized spacial score (nSPS) is 24.3. The van der Waals surface area contributed by atoms with Crippen molar-refractivity contribution in [1.29, 1.82) is 0 Å². The third-order valence-electron chi connectivity index (χ3n) is 5.31. The minimum atomic E-state index is -0.0803. The van der Waals surface area contributed by atoms with Crippen molar-refractivity contribution in [3.63, 3.8) is 0 Å². The Bertz CT molecular complexity index is 506. The van der Waals surface area contributed by atoms with E-state index in [0.29, 0.717) is 17.9 Å². The first kappa shape index (κ1) is 16.5. The Labute approximate surface area is 138 Å². The monoisotopic (exact) mass is 319 g/mol. The van der Waals surface area contributed by atoms with E-state index in [0.717, 1.165) is 19.0 Å². The second-order valence-electron chi connectivity index (χ2n) is 6.93. The van der Waals surface area contributed by atoms with Gasteiger partial charge in [0.25, 0.3) is 5.91 Å². The van der Waals surface area contributed by atoms with Crippen molar-refractivity contribution in [3.05, 3.63) is 17.8 Å². The molecule has 1 aliphatic heterocycles. The van der Waals surface area contributed by atoms with E-state index in [1.807, 2.05) is 6.92 Å². The largest absolute Gasteiger partial charge is 0.448 e. The van der Waals surface area contributed by atoms with Gasteiger partial charge in [-0.1, -0.05) is 32.6 Å². The van der Waals surface area contributed by atoms with Crippen LogP contribution in [0, 0.1) is 0 Å². The summed E-state index contributed by atoms with van der Waals surface area (Å²) in [5, 5.41) is 3.18. The SMILES string of the molecule is CCc1ocnc1C(=O)NC1CCCN(C2CCCCCC2)C1. The fourth-order valence-corrected chi connectivity index (χ4v) is 4.04. The van der Waals surface area contributed by atoms with E-state index in [2.05, 4.69) is 15.2 Å². The van der Waals surface area contributed by atoms with Crippen molar-refractivity contribution in [3.8, 4) is 0 Å². The Morgan fingerprint density at radius 1 is 1.26 bits per heavy atom. The predicted molar refractivity (Wildman–Crippen MR) is 89.4 cm³/mol. The van der Waals surface area contributed by atoms with E-state index in [1.54, 1.807) is 0 Å². The van der Waals surface area contributed by atoms with Gasteiger partial charge in [-0.15, -0.1) is 0 Å². The molecule has 1 saturated heterocycles. The van der Waals surface area contributed by atoms with Crippen LogP contribution in [0.5, 0.6) is 0 Å². The minimum absolute atomic E-state index is 0.0803. The second kappa shape index (κ2) is 7.95. The number of amides is 1. The predicted octanol–water partition coefficient (Wildman–Crippen LogP) is 3.15. The molecule has 0 spiro atoms. The van der Waals surface area contributed by atoms with Crippen LogP contribution in [0.15, 0.2) is 10.8 Å². The van der Waals surface area contributed by atoms with Crippen molar-refractivity contribution >= 4 is 5.91 Å². The standard InChI is InChI=1S/C18H29N3O2/c1-2-16-17(19-13-23-16)18(22)20-14-8-7-11-21(12-14)15-9-5-3-4-6-10-15/h13-15H,2-12H2,1H3,(H,20,22). The maximum absolute atomic E-state index is 12.4. The van der Waals surface area contributed by atoms with Crippen molar-refractivity contribution in [2.75, 3.05) is 13.1 Å². The van der Waals surface area contributed by atoms with E-state index < -0.39 is 0 Å². The highest BCUT2D eigenvalue weighted by Crippen LogP contribution is 2.24. The average molecular weight is 319 g/mol. The molecule has 1 aromatic heterocycles. The molecular weight excluding hydrogens is 290 g/mol. The van der Waals surface area contributed by atoms with E-state index in [4.69, 9.17) is 4.42 Å². The first-order chi connectivity index (χ1) is 11.3. The van der Waals surface area contributed by atoms with Crippen molar-refractivity contribution in [2.45, 2.75) is 76.8 Å². The van der Waals surface area contributed by atoms with Crippen LogP contribution < -0.4 is 5.32 Å². The van der Waals surface area contributed by atoms with Crippen molar-refractivity contribution < 1.29 is 9.21 Å². The molecule has 3 rings (SSSR count). The summed E-state index contributed by atoms with van der Waals surface area (Å²) in [4.78, 5) is 19.1. The molecule has 2 heterocycles. The molecular formula is C18H29N3O2. The van der Waals surface area contributed by atoms with Crippen LogP contribution in [0.1, 0.15) is 74.5 Å². The Morgan fingerprint density at radius 2 is 2.04 bits per heavy atom. The van der Waals surface area contributed by atoms with Gasteiger partial charge in [0.05, 0.1) is 0 Å². The van der Waals surface area contributed by atoms with E-state index in [9.17, 15) is 4.79 Å². The molecule has 1 unspecified atom stereocenters. The summed E-state index contributed by atoms with van der Waals surface area (Å²) in [6.07, 6.45) is 12.4. The number of nitrogens with zero attached hydrogens (tertiary/aromatic N) is 2. The van der Waals surface area contributed by atoms with Gasteiger partial charge >= 0.3 is 0 Å². The number of hydrogen-bond acceptors (Lipinski definition) is 4. The molecule has 5 nitrogen and oxygen atoms in total. The number of likely N-dealkylation sites (tertiary alicyclic amines) is 1. The van der Waals surface area contributed by atoms with Gasteiger partial charge < -0.3 is 9.73 Å². The smallest absolute Gasteiger partial charge is 0.273 e. The molecule has 1 N–H and O–H groups in total. The zero-order valence-corrected chi connectivity index (χ0v) is 14.2. The molecule has 23 heavy (non-hydrogen) atoms. The summed E-state index contributed by atoms with van der Waals surface area (Å²) in [7, 11) is 0. The van der Waals surface area contributed by atoms with Crippen LogP contribution in [0.4, 0.5) is 0 Å². The average Bonchev–Trinajstić information content (AvgIpc) is 2.89. The summed E-state index contributed by atoms with van der Waals surface area (Å²) in [6, 6.07) is 0.955. The van der Waals surface area contributed by atoms with Crippen molar-refractivity contribution in [2.24, 2.45) is 0 Å². The first-order valence-corrected chi connectivity index (χ1v) is 9.25. The van der Waals surface area contributed by atoms with Crippen LogP contribution in [-0.4, -0.2) is 41.0 Å². The van der Waals surface area contributed by atoms with Crippen LogP contribution in [0.3, 0.4) is 0 Å². The topological polar surface area (TPSA) is 58.4 Å². The Kier molecular flexibility index (Phi) is 5.70. The summed E-state index contributed by atoms with van der Waals surface area (Å²) in [5.41, 5.74) is 0.457. The van der Waals surface area contributed by atoms with E-state index in [1.165, 1.54) is 57.9 Å². The van der Waals surface area contributed by atoms with Gasteiger partial charge in [0.1, 0.15) is 5.76 Å². The number of aryl methyl sites for hydroxylation is 1. The lowest BCUT2D eigenvalue weighted by Gasteiger charge is -2.38. The van der Waals surface area contributed by atoms with Gasteiger partial charge in [-0.05, 0) is 32.2 Å². The molecule has 1 amide bonds. The molecule has 128 valence electrons. The maximum atomic E-state index is 12.4. The summed E-state index contributed by atoms with van der Waals surface area (Å²) in [5.74, 6) is 0.599. The molecule has 1 aliphatic carbocycles. The highest BCUT2D eigenvalue weighted by atomic mass is 16.3. The van der Waals surface area contributed by atoms with Crippen molar-refractivity contribution in [1.82, 2.24) is 15.2 Å². The fraction of sp³-hybridized carbons (Fsp3) is 0.778. The Balaban J connectivity index is 1.57. The van der Waals surface area contributed by atoms with Gasteiger partial charge in [0, 0.05) is 25.0 Å². The number of oxazole rings is 1. The lowest BCUT2D eigenvalue weighted by atomic mass is 9.99. The molecule has 0 aromatic carbocycles. The van der Waals surface area contributed by atoms with Crippen LogP contribution in [-0.2, 0) is 6.42 Å². The second-order valence-corrected chi connectivity index (χ2v) is 6.93. The molecule has 2 fully saturated rings. The zero-order valence-electron chi connectivity index (χ0n) is 14.2. The molecule has 1 atom stereocenters. The lowest BCUT2D eigenvalue weighted by Crippen LogP contribution is -2.51. The molecule has 2 aliphatic rings. The zero-order chi connectivity index (χ0) is 16.1. The quantitative estimate of drug-likeness (QED) is 0.866. The summed E-state index contributed by atoms with van der Waals surface area (Å²) < 4.78 is 5.27. The first-order valence-electron chi connectivity index (χ1n) is 9.25. The Hall–Kier alpha value is -1.36. The molecule has 0 bridgehead atoms. The number of carbonyl (C=O) groups excluding carboxylic acids is 1. The van der Waals surface area contributed by atoms with Gasteiger partial charge in [0.2, 0.25) is 0 Å². The third-order valence-corrected chi connectivity index (χ3v) is 5.31. The van der Waals surface area contributed by atoms with Crippen LogP contribution >= 0.6 is 0 Å². The molecule has 5 heteroatoms. The number of rotatable bonds is 4. The van der Waals surface area contributed by atoms with Gasteiger partial charge in [0.15, 0.2) is 12.1 Å². The summed E-state index contributed by atoms with van der Waals surface area (Å²) >= 11 is 0. The van der Waals surface area contributed by atoms with Crippen LogP contribution in [0.25, 0.3) is 0 Å². The highest BCUT2D eigenvalue weighted by Gasteiger charge is 2.28. The van der Waals surface area contributed by atoms with Gasteiger partial charge in [-0.25, -0.2) is 4.98 Å². The molecule has 1 aromatic rings. The highest BCUT2D eigenvalue weighted by molar-refractivity contribution is 5.93. The molecule has 0 radical (unpaired) electrons. The fourth-order valence-electron chi connectivity index (χ4n) is 4.04. The number of nitrogens with one attached hydrogen (secondary N) is 1. The lowest BCUT2D eigenvalue weighted by molar-refractivity contribution is 0.0854. The van der Waals surface area contributed by atoms with Gasteiger partial charge in [-0.2, -0.15) is 0 Å². The number of piperidine rings is 1. The summed E-state index contributed by atoms with van der Waals surface area (Å²) in [6.45, 7) is 4.14. The number of carbonyl (C=O) groups is 1. The van der Waals surface area contributed by atoms with E-state index >= 15 is 0 Å². The van der Waals surface area contributed by atoms with E-state index in [-0.39, 0.29) is 11.9 Å². The third kappa shape index (κ3) is 4.14. The van der Waals surface area contributed by atoms with Crippen LogP contribution in [0.2, 0.25) is 0 Å². The number of aromatic nitrogens is 1.